The number of carbonyl (C=O) groups excluding carboxylic acids is 1. The molecule has 0 aliphatic carbocycles. The van der Waals surface area contributed by atoms with Crippen molar-refractivity contribution in [2.24, 2.45) is 5.10 Å². The molecule has 0 saturated carbocycles. The first-order chi connectivity index (χ1) is 14.7. The normalized spacial score (nSPS) is 11.6. The maximum absolute atomic E-state index is 12.3. The van der Waals surface area contributed by atoms with Crippen molar-refractivity contribution in [3.05, 3.63) is 82.1 Å². The van der Waals surface area contributed by atoms with Gasteiger partial charge in [-0.05, 0) is 56.3 Å². The number of halogens is 1. The molecule has 0 aliphatic rings. The van der Waals surface area contributed by atoms with Crippen molar-refractivity contribution < 1.29 is 13.2 Å². The molecular weight excluding hydrogens is 480 g/mol. The molecule has 0 saturated heterocycles. The molecule has 31 heavy (non-hydrogen) atoms. The Labute approximate surface area is 190 Å². The number of nitrogens with zero attached hydrogens (tertiary/aromatic N) is 3. The number of benzene rings is 2. The largest absolute Gasteiger partial charge is 0.318 e. The van der Waals surface area contributed by atoms with Crippen molar-refractivity contribution in [3.8, 4) is 5.69 Å². The summed E-state index contributed by atoms with van der Waals surface area (Å²) in [5.74, 6) is -0.535. The first-order valence-corrected chi connectivity index (χ1v) is 12.1. The molecule has 0 bridgehead atoms. The van der Waals surface area contributed by atoms with Crippen LogP contribution in [0.5, 0.6) is 0 Å². The second-order valence-electron chi connectivity index (χ2n) is 7.04. The molecule has 1 heterocycles. The summed E-state index contributed by atoms with van der Waals surface area (Å²) < 4.78 is 28.3. The van der Waals surface area contributed by atoms with Gasteiger partial charge in [0.1, 0.15) is 6.54 Å². The standard InChI is InChI=1S/C22H23BrN4O3S/c1-16-13-18(17(2)27(16)21-11-9-19(23)10-12-21)14-24-25-22(28)15-26(31(3,29)30)20-7-5-4-6-8-20/h4-14H,15H2,1-3H3,(H,25,28)/b24-14-. The SMILES string of the molecule is Cc1cc(/C=N\NC(=O)CN(c2ccccc2)S(C)(=O)=O)c(C)n1-c1ccc(Br)cc1. The van der Waals surface area contributed by atoms with Gasteiger partial charge in [-0.3, -0.25) is 9.10 Å². The summed E-state index contributed by atoms with van der Waals surface area (Å²) >= 11 is 3.44. The van der Waals surface area contributed by atoms with Crippen LogP contribution in [0.1, 0.15) is 17.0 Å². The van der Waals surface area contributed by atoms with Crippen LogP contribution in [0.2, 0.25) is 0 Å². The Morgan fingerprint density at radius 1 is 1.13 bits per heavy atom. The fourth-order valence-electron chi connectivity index (χ4n) is 3.24. The lowest BCUT2D eigenvalue weighted by molar-refractivity contribution is -0.119. The highest BCUT2D eigenvalue weighted by molar-refractivity contribution is 9.10. The summed E-state index contributed by atoms with van der Waals surface area (Å²) in [4.78, 5) is 12.3. The molecule has 0 aliphatic heterocycles. The molecule has 0 fully saturated rings. The Bertz CT molecular complexity index is 1200. The molecule has 3 aromatic rings. The number of amides is 1. The molecule has 0 spiro atoms. The van der Waals surface area contributed by atoms with Gasteiger partial charge in [0, 0.05) is 27.1 Å². The number of sulfonamides is 1. The molecule has 0 unspecified atom stereocenters. The number of hydrazone groups is 1. The van der Waals surface area contributed by atoms with Crippen LogP contribution in [0.15, 0.2) is 70.2 Å². The van der Waals surface area contributed by atoms with Gasteiger partial charge < -0.3 is 4.57 Å². The van der Waals surface area contributed by atoms with E-state index in [0.29, 0.717) is 5.69 Å². The van der Waals surface area contributed by atoms with Crippen LogP contribution in [0.25, 0.3) is 5.69 Å². The van der Waals surface area contributed by atoms with Gasteiger partial charge in [-0.15, -0.1) is 0 Å². The monoisotopic (exact) mass is 502 g/mol. The zero-order valence-corrected chi connectivity index (χ0v) is 19.8. The average molecular weight is 503 g/mol. The third kappa shape index (κ3) is 5.62. The fourth-order valence-corrected chi connectivity index (χ4v) is 4.36. The van der Waals surface area contributed by atoms with E-state index in [1.165, 1.54) is 0 Å². The molecular formula is C22H23BrN4O3S. The van der Waals surface area contributed by atoms with E-state index in [1.807, 2.05) is 44.2 Å². The quantitative estimate of drug-likeness (QED) is 0.394. The Morgan fingerprint density at radius 2 is 1.77 bits per heavy atom. The number of aromatic nitrogens is 1. The average Bonchev–Trinajstić information content (AvgIpc) is 3.00. The van der Waals surface area contributed by atoms with Crippen molar-refractivity contribution in [1.82, 2.24) is 9.99 Å². The van der Waals surface area contributed by atoms with E-state index in [-0.39, 0.29) is 6.54 Å². The number of rotatable bonds is 7. The van der Waals surface area contributed by atoms with Gasteiger partial charge in [0.05, 0.1) is 18.2 Å². The second-order valence-corrected chi connectivity index (χ2v) is 9.86. The molecule has 1 amide bonds. The lowest BCUT2D eigenvalue weighted by Crippen LogP contribution is -2.38. The highest BCUT2D eigenvalue weighted by atomic mass is 79.9. The number of carbonyl (C=O) groups is 1. The van der Waals surface area contributed by atoms with Crippen molar-refractivity contribution in [2.75, 3.05) is 17.1 Å². The van der Waals surface area contributed by atoms with E-state index >= 15 is 0 Å². The second kappa shape index (κ2) is 9.49. The molecule has 9 heteroatoms. The first-order valence-electron chi connectivity index (χ1n) is 9.46. The predicted molar refractivity (Wildman–Crippen MR) is 127 cm³/mol. The van der Waals surface area contributed by atoms with E-state index in [0.717, 1.165) is 37.7 Å². The van der Waals surface area contributed by atoms with Gasteiger partial charge in [0.25, 0.3) is 5.91 Å². The van der Waals surface area contributed by atoms with Gasteiger partial charge in [-0.25, -0.2) is 13.8 Å². The van der Waals surface area contributed by atoms with Crippen LogP contribution < -0.4 is 9.73 Å². The Morgan fingerprint density at radius 3 is 2.39 bits per heavy atom. The molecule has 162 valence electrons. The summed E-state index contributed by atoms with van der Waals surface area (Å²) in [7, 11) is -3.62. The van der Waals surface area contributed by atoms with Gasteiger partial charge in [-0.1, -0.05) is 34.1 Å². The smallest absolute Gasteiger partial charge is 0.260 e. The topological polar surface area (TPSA) is 83.8 Å². The number of aryl methyl sites for hydroxylation is 1. The maximum Gasteiger partial charge on any atom is 0.260 e. The molecule has 0 atom stereocenters. The minimum absolute atomic E-state index is 0.363. The van der Waals surface area contributed by atoms with Crippen molar-refractivity contribution in [1.29, 1.82) is 0 Å². The Balaban J connectivity index is 1.72. The van der Waals surface area contributed by atoms with E-state index in [2.05, 4.69) is 31.0 Å². The predicted octanol–water partition coefficient (Wildman–Crippen LogP) is 3.77. The summed E-state index contributed by atoms with van der Waals surface area (Å²) in [6.45, 7) is 3.60. The fraction of sp³-hybridized carbons (Fsp3) is 0.182. The summed E-state index contributed by atoms with van der Waals surface area (Å²) in [6.07, 6.45) is 2.62. The number of anilines is 1. The van der Waals surface area contributed by atoms with E-state index in [9.17, 15) is 13.2 Å². The van der Waals surface area contributed by atoms with Gasteiger partial charge in [0.2, 0.25) is 10.0 Å². The van der Waals surface area contributed by atoms with Crippen LogP contribution in [0.4, 0.5) is 5.69 Å². The molecule has 1 N–H and O–H groups in total. The molecule has 0 radical (unpaired) electrons. The Kier molecular flexibility index (Phi) is 6.97. The van der Waals surface area contributed by atoms with Crippen LogP contribution in [-0.4, -0.2) is 37.9 Å². The number of para-hydroxylation sites is 1. The van der Waals surface area contributed by atoms with Crippen molar-refractivity contribution >= 4 is 43.8 Å². The number of hydrogen-bond donors (Lipinski definition) is 1. The summed E-state index contributed by atoms with van der Waals surface area (Å²) in [5, 5.41) is 4.03. The summed E-state index contributed by atoms with van der Waals surface area (Å²) in [6, 6.07) is 18.4. The van der Waals surface area contributed by atoms with Crippen molar-refractivity contribution in [3.63, 3.8) is 0 Å². The number of hydrogen-bond acceptors (Lipinski definition) is 4. The lowest BCUT2D eigenvalue weighted by Gasteiger charge is -2.21. The number of nitrogens with one attached hydrogen (secondary N) is 1. The zero-order valence-electron chi connectivity index (χ0n) is 17.4. The van der Waals surface area contributed by atoms with Crippen LogP contribution in [-0.2, 0) is 14.8 Å². The Hall–Kier alpha value is -2.91. The third-order valence-corrected chi connectivity index (χ3v) is 6.35. The molecule has 2 aromatic carbocycles. The molecule has 3 rings (SSSR count). The van der Waals surface area contributed by atoms with Gasteiger partial charge >= 0.3 is 0 Å². The first kappa shape index (κ1) is 22.8. The van der Waals surface area contributed by atoms with E-state index < -0.39 is 15.9 Å². The zero-order chi connectivity index (χ0) is 22.6. The molecule has 1 aromatic heterocycles. The van der Waals surface area contributed by atoms with E-state index in [4.69, 9.17) is 0 Å². The minimum Gasteiger partial charge on any atom is -0.318 e. The summed E-state index contributed by atoms with van der Waals surface area (Å²) in [5.41, 5.74) is 6.71. The van der Waals surface area contributed by atoms with Gasteiger partial charge in [-0.2, -0.15) is 5.10 Å². The van der Waals surface area contributed by atoms with Crippen molar-refractivity contribution in [2.45, 2.75) is 13.8 Å². The van der Waals surface area contributed by atoms with Crippen LogP contribution >= 0.6 is 15.9 Å². The lowest BCUT2D eigenvalue weighted by atomic mass is 10.2. The highest BCUT2D eigenvalue weighted by Crippen LogP contribution is 2.21. The van der Waals surface area contributed by atoms with Crippen LogP contribution in [0.3, 0.4) is 0 Å². The molecule has 7 nitrogen and oxygen atoms in total. The van der Waals surface area contributed by atoms with E-state index in [1.54, 1.807) is 36.5 Å². The third-order valence-electron chi connectivity index (χ3n) is 4.68. The van der Waals surface area contributed by atoms with Gasteiger partial charge in [0.15, 0.2) is 0 Å². The maximum atomic E-state index is 12.3. The minimum atomic E-state index is -3.62. The van der Waals surface area contributed by atoms with Crippen LogP contribution in [0, 0.1) is 13.8 Å². The highest BCUT2D eigenvalue weighted by Gasteiger charge is 2.20.